The molecule has 3 aromatic rings. The third kappa shape index (κ3) is 2.88. The first-order valence-corrected chi connectivity index (χ1v) is 9.24. The molecule has 0 bridgehead atoms. The summed E-state index contributed by atoms with van der Waals surface area (Å²) in [5.41, 5.74) is 2.02. The summed E-state index contributed by atoms with van der Waals surface area (Å²) in [5.74, 6) is 2.32. The summed E-state index contributed by atoms with van der Waals surface area (Å²) in [4.78, 5) is 4.78. The molecule has 3 aromatic heterocycles. The lowest BCUT2D eigenvalue weighted by atomic mass is 9.93. The smallest absolute Gasteiger partial charge is 0.178 e. The van der Waals surface area contributed by atoms with Gasteiger partial charge < -0.3 is 5.32 Å². The lowest BCUT2D eigenvalue weighted by molar-refractivity contribution is 0.569. The molecule has 24 heavy (non-hydrogen) atoms. The van der Waals surface area contributed by atoms with Gasteiger partial charge in [-0.15, -0.1) is 26.6 Å². The Morgan fingerprint density at radius 2 is 2.04 bits per heavy atom. The van der Waals surface area contributed by atoms with Crippen LogP contribution in [-0.2, 0) is 5.41 Å². The normalized spacial score (nSPS) is 16.5. The molecule has 7 heteroatoms. The minimum absolute atomic E-state index is 0.0767. The van der Waals surface area contributed by atoms with Gasteiger partial charge in [-0.2, -0.15) is 4.52 Å². The number of fused-ring (bicyclic) bond motifs is 1. The Balaban J connectivity index is 1.57. The van der Waals surface area contributed by atoms with Gasteiger partial charge >= 0.3 is 0 Å². The van der Waals surface area contributed by atoms with Crippen molar-refractivity contribution in [2.75, 3.05) is 5.32 Å². The van der Waals surface area contributed by atoms with E-state index in [0.29, 0.717) is 5.92 Å². The first kappa shape index (κ1) is 15.5. The van der Waals surface area contributed by atoms with Gasteiger partial charge in [0, 0.05) is 16.7 Å². The molecule has 1 aliphatic rings. The zero-order valence-electron chi connectivity index (χ0n) is 14.4. The molecule has 0 unspecified atom stereocenters. The number of rotatable bonds is 4. The third-order valence-corrected chi connectivity index (χ3v) is 5.28. The van der Waals surface area contributed by atoms with Crippen molar-refractivity contribution in [2.24, 2.45) is 0 Å². The molecule has 0 spiro atoms. The zero-order chi connectivity index (χ0) is 16.9. The number of hydrogen-bond donors (Lipinski definition) is 1. The standard InChI is InChI=1S/C17H22N6S/c1-10(16-19-12(9-24-16)17(2,3)4)18-13-7-8-14-20-21-15(11-5-6-11)23(14)22-13/h7-11H,5-6H2,1-4H3,(H,18,22)/t10-/m1/s1. The molecule has 0 saturated heterocycles. The summed E-state index contributed by atoms with van der Waals surface area (Å²) in [6.45, 7) is 8.67. The van der Waals surface area contributed by atoms with Gasteiger partial charge in [0.2, 0.25) is 0 Å². The lowest BCUT2D eigenvalue weighted by Crippen LogP contribution is -2.13. The number of nitrogens with zero attached hydrogens (tertiary/aromatic N) is 5. The fourth-order valence-electron chi connectivity index (χ4n) is 2.59. The Bertz CT molecular complexity index is 871. The van der Waals surface area contributed by atoms with Crippen LogP contribution in [0.3, 0.4) is 0 Å². The summed E-state index contributed by atoms with van der Waals surface area (Å²) in [6, 6.07) is 4.02. The maximum atomic E-state index is 4.78. The first-order valence-electron chi connectivity index (χ1n) is 8.36. The van der Waals surface area contributed by atoms with Crippen LogP contribution in [0.1, 0.15) is 69.0 Å². The topological polar surface area (TPSA) is 68.0 Å². The highest BCUT2D eigenvalue weighted by atomic mass is 32.1. The number of aromatic nitrogens is 5. The van der Waals surface area contributed by atoms with Crippen LogP contribution in [0.5, 0.6) is 0 Å². The van der Waals surface area contributed by atoms with Crippen LogP contribution in [0.15, 0.2) is 17.5 Å². The molecule has 1 aliphatic carbocycles. The van der Waals surface area contributed by atoms with Crippen molar-refractivity contribution >= 4 is 22.8 Å². The van der Waals surface area contributed by atoms with E-state index in [9.17, 15) is 0 Å². The second-order valence-corrected chi connectivity index (χ2v) is 8.40. The van der Waals surface area contributed by atoms with Crippen LogP contribution < -0.4 is 5.32 Å². The van der Waals surface area contributed by atoms with E-state index in [0.717, 1.165) is 28.0 Å². The van der Waals surface area contributed by atoms with E-state index in [1.165, 1.54) is 12.8 Å². The molecule has 126 valence electrons. The molecule has 1 fully saturated rings. The number of nitrogens with one attached hydrogen (secondary N) is 1. The van der Waals surface area contributed by atoms with Crippen molar-refractivity contribution in [3.63, 3.8) is 0 Å². The van der Waals surface area contributed by atoms with Crippen LogP contribution >= 0.6 is 11.3 Å². The Morgan fingerprint density at radius 1 is 1.25 bits per heavy atom. The van der Waals surface area contributed by atoms with Crippen LogP contribution in [0.4, 0.5) is 5.82 Å². The maximum Gasteiger partial charge on any atom is 0.178 e. The average Bonchev–Trinajstić information content (AvgIpc) is 3.09. The van der Waals surface area contributed by atoms with Crippen LogP contribution in [0.2, 0.25) is 0 Å². The monoisotopic (exact) mass is 342 g/mol. The molecule has 0 aliphatic heterocycles. The van der Waals surface area contributed by atoms with E-state index in [1.807, 2.05) is 16.6 Å². The molecule has 1 N–H and O–H groups in total. The minimum atomic E-state index is 0.0767. The van der Waals surface area contributed by atoms with Crippen molar-refractivity contribution in [1.29, 1.82) is 0 Å². The van der Waals surface area contributed by atoms with Crippen LogP contribution in [-0.4, -0.2) is 24.8 Å². The van der Waals surface area contributed by atoms with Crippen molar-refractivity contribution in [3.8, 4) is 0 Å². The highest BCUT2D eigenvalue weighted by Gasteiger charge is 2.29. The van der Waals surface area contributed by atoms with Gasteiger partial charge in [0.25, 0.3) is 0 Å². The van der Waals surface area contributed by atoms with E-state index in [-0.39, 0.29) is 11.5 Å². The Hall–Kier alpha value is -2.02. The zero-order valence-corrected chi connectivity index (χ0v) is 15.3. The van der Waals surface area contributed by atoms with Gasteiger partial charge in [-0.25, -0.2) is 4.98 Å². The van der Waals surface area contributed by atoms with Crippen LogP contribution in [0.25, 0.3) is 5.65 Å². The predicted molar refractivity (Wildman–Crippen MR) is 95.6 cm³/mol. The summed E-state index contributed by atoms with van der Waals surface area (Å²) >= 11 is 1.69. The van der Waals surface area contributed by atoms with Crippen molar-refractivity contribution in [2.45, 2.75) is 57.9 Å². The second kappa shape index (κ2) is 5.51. The first-order chi connectivity index (χ1) is 11.4. The highest BCUT2D eigenvalue weighted by molar-refractivity contribution is 7.09. The fraction of sp³-hybridized carbons (Fsp3) is 0.529. The molecule has 1 atom stereocenters. The van der Waals surface area contributed by atoms with Gasteiger partial charge in [0.1, 0.15) is 10.8 Å². The SMILES string of the molecule is C[C@@H](Nc1ccc2nnc(C3CC3)n2n1)c1nc(C(C)(C)C)cs1. The van der Waals surface area contributed by atoms with Gasteiger partial charge in [0.15, 0.2) is 11.5 Å². The van der Waals surface area contributed by atoms with Gasteiger partial charge in [-0.1, -0.05) is 20.8 Å². The van der Waals surface area contributed by atoms with Gasteiger partial charge in [0.05, 0.1) is 11.7 Å². The van der Waals surface area contributed by atoms with E-state index >= 15 is 0 Å². The molecule has 0 radical (unpaired) electrons. The largest absolute Gasteiger partial charge is 0.360 e. The van der Waals surface area contributed by atoms with E-state index in [1.54, 1.807) is 11.3 Å². The third-order valence-electron chi connectivity index (χ3n) is 4.25. The second-order valence-electron chi connectivity index (χ2n) is 7.51. The summed E-state index contributed by atoms with van der Waals surface area (Å²) in [5, 5.41) is 19.8. The highest BCUT2D eigenvalue weighted by Crippen LogP contribution is 2.38. The Kier molecular flexibility index (Phi) is 3.56. The minimum Gasteiger partial charge on any atom is -0.360 e. The van der Waals surface area contributed by atoms with Gasteiger partial charge in [-0.3, -0.25) is 0 Å². The lowest BCUT2D eigenvalue weighted by Gasteiger charge is -2.15. The number of hydrogen-bond acceptors (Lipinski definition) is 6. The van der Waals surface area contributed by atoms with Crippen molar-refractivity contribution in [3.05, 3.63) is 34.0 Å². The van der Waals surface area contributed by atoms with Crippen molar-refractivity contribution in [1.82, 2.24) is 24.8 Å². The molecule has 1 saturated carbocycles. The van der Waals surface area contributed by atoms with E-state index in [4.69, 9.17) is 4.98 Å². The van der Waals surface area contributed by atoms with Crippen molar-refractivity contribution < 1.29 is 0 Å². The molecule has 0 amide bonds. The van der Waals surface area contributed by atoms with E-state index < -0.39 is 0 Å². The summed E-state index contributed by atoms with van der Waals surface area (Å²) in [7, 11) is 0. The van der Waals surface area contributed by atoms with E-state index in [2.05, 4.69) is 53.7 Å². The molecule has 4 rings (SSSR count). The quantitative estimate of drug-likeness (QED) is 0.778. The molecular formula is C17H22N6S. The van der Waals surface area contributed by atoms with Crippen LogP contribution in [0, 0.1) is 0 Å². The summed E-state index contributed by atoms with van der Waals surface area (Å²) in [6.07, 6.45) is 2.37. The molecule has 0 aromatic carbocycles. The average molecular weight is 342 g/mol. The molecular weight excluding hydrogens is 320 g/mol. The molecule has 3 heterocycles. The van der Waals surface area contributed by atoms with Gasteiger partial charge in [-0.05, 0) is 31.9 Å². The number of thiazole rings is 1. The number of anilines is 1. The molecule has 6 nitrogen and oxygen atoms in total. The fourth-order valence-corrected chi connectivity index (χ4v) is 3.65. The Labute approximate surface area is 145 Å². The Morgan fingerprint density at radius 3 is 2.71 bits per heavy atom. The predicted octanol–water partition coefficient (Wildman–Crippen LogP) is 3.93. The summed E-state index contributed by atoms with van der Waals surface area (Å²) < 4.78 is 1.87. The maximum absolute atomic E-state index is 4.78.